The summed E-state index contributed by atoms with van der Waals surface area (Å²) >= 11 is 3.17. The van der Waals surface area contributed by atoms with Crippen LogP contribution in [0, 0.1) is 0 Å². The summed E-state index contributed by atoms with van der Waals surface area (Å²) < 4.78 is 10.9. The van der Waals surface area contributed by atoms with Gasteiger partial charge in [-0.3, -0.25) is 4.79 Å². The number of nitrogens with one attached hydrogen (secondary N) is 1. The van der Waals surface area contributed by atoms with E-state index < -0.39 is 0 Å². The van der Waals surface area contributed by atoms with Crippen LogP contribution in [0.15, 0.2) is 57.9 Å². The van der Waals surface area contributed by atoms with Gasteiger partial charge in [0.05, 0.1) is 25.0 Å². The molecule has 0 spiro atoms. The first-order valence-electron chi connectivity index (χ1n) is 7.14. The van der Waals surface area contributed by atoms with Gasteiger partial charge in [-0.2, -0.15) is 0 Å². The first-order valence-corrected chi connectivity index (χ1v) is 7.94. The molecule has 0 radical (unpaired) electrons. The van der Waals surface area contributed by atoms with Gasteiger partial charge in [0.15, 0.2) is 10.4 Å². The average molecular weight is 388 g/mol. The quantitative estimate of drug-likeness (QED) is 0.725. The molecule has 7 heteroatoms. The number of carbonyl (C=O) groups is 1. The number of furan rings is 1. The van der Waals surface area contributed by atoms with Crippen LogP contribution in [0.5, 0.6) is 5.75 Å². The Balaban J connectivity index is 1.69. The average Bonchev–Trinajstić information content (AvgIpc) is 3.06. The second-order valence-corrected chi connectivity index (χ2v) is 5.69. The SMILES string of the molecule is COc1ccc(-c2cc(CNC(=O)c3ccc(Br)o3)ncn2)cc1. The van der Waals surface area contributed by atoms with Crippen molar-refractivity contribution in [2.75, 3.05) is 7.11 Å². The van der Waals surface area contributed by atoms with Crippen LogP contribution in [0.4, 0.5) is 0 Å². The lowest BCUT2D eigenvalue weighted by Crippen LogP contribution is -2.22. The number of hydrogen-bond acceptors (Lipinski definition) is 5. The van der Waals surface area contributed by atoms with Crippen LogP contribution in [0.1, 0.15) is 16.2 Å². The zero-order valence-corrected chi connectivity index (χ0v) is 14.4. The highest BCUT2D eigenvalue weighted by Gasteiger charge is 2.10. The first kappa shape index (κ1) is 16.2. The van der Waals surface area contributed by atoms with E-state index in [0.29, 0.717) is 10.4 Å². The molecule has 0 aliphatic rings. The molecule has 3 rings (SSSR count). The van der Waals surface area contributed by atoms with Gasteiger partial charge in [-0.15, -0.1) is 0 Å². The number of ether oxygens (including phenoxy) is 1. The molecule has 2 heterocycles. The van der Waals surface area contributed by atoms with Crippen molar-refractivity contribution < 1.29 is 13.9 Å². The van der Waals surface area contributed by atoms with E-state index in [9.17, 15) is 4.79 Å². The van der Waals surface area contributed by atoms with Crippen molar-refractivity contribution >= 4 is 21.8 Å². The molecule has 0 atom stereocenters. The van der Waals surface area contributed by atoms with E-state index in [1.165, 1.54) is 6.33 Å². The van der Waals surface area contributed by atoms with E-state index in [1.54, 1.807) is 19.2 Å². The number of benzene rings is 1. The van der Waals surface area contributed by atoms with E-state index in [0.717, 1.165) is 17.0 Å². The minimum Gasteiger partial charge on any atom is -0.497 e. The third-order valence-electron chi connectivity index (χ3n) is 3.34. The van der Waals surface area contributed by atoms with Gasteiger partial charge in [-0.25, -0.2) is 9.97 Å². The second-order valence-electron chi connectivity index (χ2n) is 4.91. The van der Waals surface area contributed by atoms with Crippen LogP contribution in [-0.2, 0) is 6.54 Å². The summed E-state index contributed by atoms with van der Waals surface area (Å²) in [6, 6.07) is 12.7. The van der Waals surface area contributed by atoms with Gasteiger partial charge in [-0.05, 0) is 58.4 Å². The van der Waals surface area contributed by atoms with Crippen molar-refractivity contribution in [2.24, 2.45) is 0 Å². The molecular formula is C17H14BrN3O3. The third-order valence-corrected chi connectivity index (χ3v) is 3.76. The van der Waals surface area contributed by atoms with Crippen LogP contribution >= 0.6 is 15.9 Å². The molecule has 1 aromatic carbocycles. The molecule has 24 heavy (non-hydrogen) atoms. The molecule has 0 saturated carbocycles. The highest BCUT2D eigenvalue weighted by atomic mass is 79.9. The van der Waals surface area contributed by atoms with E-state index in [2.05, 4.69) is 31.2 Å². The Bertz CT molecular complexity index is 846. The summed E-state index contributed by atoms with van der Waals surface area (Å²) in [5.41, 5.74) is 2.42. The summed E-state index contributed by atoms with van der Waals surface area (Å²) in [7, 11) is 1.62. The fourth-order valence-electron chi connectivity index (χ4n) is 2.11. The molecule has 0 aliphatic carbocycles. The maximum absolute atomic E-state index is 12.0. The summed E-state index contributed by atoms with van der Waals surface area (Å²) in [5, 5.41) is 2.76. The Hall–Kier alpha value is -2.67. The van der Waals surface area contributed by atoms with Gasteiger partial charge in [0.25, 0.3) is 5.91 Å². The molecule has 0 fully saturated rings. The van der Waals surface area contributed by atoms with Crippen molar-refractivity contribution in [1.82, 2.24) is 15.3 Å². The number of methoxy groups -OCH3 is 1. The maximum Gasteiger partial charge on any atom is 0.287 e. The highest BCUT2D eigenvalue weighted by Crippen LogP contribution is 2.20. The highest BCUT2D eigenvalue weighted by molar-refractivity contribution is 9.10. The first-order chi connectivity index (χ1) is 11.7. The third kappa shape index (κ3) is 3.80. The molecule has 122 valence electrons. The Morgan fingerprint density at radius 3 is 2.67 bits per heavy atom. The summed E-state index contributed by atoms with van der Waals surface area (Å²) in [6.07, 6.45) is 1.48. The van der Waals surface area contributed by atoms with Gasteiger partial charge in [0, 0.05) is 5.56 Å². The number of rotatable bonds is 5. The molecule has 0 bridgehead atoms. The smallest absolute Gasteiger partial charge is 0.287 e. The topological polar surface area (TPSA) is 77.2 Å². The van der Waals surface area contributed by atoms with Crippen LogP contribution in [-0.4, -0.2) is 23.0 Å². The number of nitrogens with zero attached hydrogens (tertiary/aromatic N) is 2. The minimum atomic E-state index is -0.301. The van der Waals surface area contributed by atoms with Crippen LogP contribution in [0.25, 0.3) is 11.3 Å². The van der Waals surface area contributed by atoms with Crippen molar-refractivity contribution in [2.45, 2.75) is 6.54 Å². The standard InChI is InChI=1S/C17H14BrN3O3/c1-23-13-4-2-11(3-5-13)14-8-12(20-10-21-14)9-19-17(22)15-6-7-16(18)24-15/h2-8,10H,9H2,1H3,(H,19,22). The molecule has 0 aliphatic heterocycles. The number of carbonyl (C=O) groups excluding carboxylic acids is 1. The van der Waals surface area contributed by atoms with Gasteiger partial charge in [0.1, 0.15) is 12.1 Å². The van der Waals surface area contributed by atoms with E-state index >= 15 is 0 Å². The molecule has 3 aromatic rings. The lowest BCUT2D eigenvalue weighted by molar-refractivity contribution is 0.0921. The van der Waals surface area contributed by atoms with Gasteiger partial charge in [-0.1, -0.05) is 0 Å². The van der Waals surface area contributed by atoms with Crippen molar-refractivity contribution in [3.63, 3.8) is 0 Å². The van der Waals surface area contributed by atoms with Gasteiger partial charge in [0.2, 0.25) is 0 Å². The maximum atomic E-state index is 12.0. The Morgan fingerprint density at radius 1 is 1.21 bits per heavy atom. The predicted octanol–water partition coefficient (Wildman–Crippen LogP) is 3.44. The zero-order valence-electron chi connectivity index (χ0n) is 12.8. The van der Waals surface area contributed by atoms with Gasteiger partial charge >= 0.3 is 0 Å². The predicted molar refractivity (Wildman–Crippen MR) is 91.6 cm³/mol. The largest absolute Gasteiger partial charge is 0.497 e. The fourth-order valence-corrected chi connectivity index (χ4v) is 2.41. The Labute approximate surface area is 147 Å². The molecular weight excluding hydrogens is 374 g/mol. The van der Waals surface area contributed by atoms with Crippen LogP contribution < -0.4 is 10.1 Å². The number of hydrogen-bond donors (Lipinski definition) is 1. The monoisotopic (exact) mass is 387 g/mol. The van der Waals surface area contributed by atoms with Crippen molar-refractivity contribution in [1.29, 1.82) is 0 Å². The van der Waals surface area contributed by atoms with E-state index in [1.807, 2.05) is 30.3 Å². The zero-order chi connectivity index (χ0) is 16.9. The second kappa shape index (κ2) is 7.27. The lowest BCUT2D eigenvalue weighted by Gasteiger charge is -2.06. The van der Waals surface area contributed by atoms with Crippen molar-refractivity contribution in [3.8, 4) is 17.0 Å². The van der Waals surface area contributed by atoms with E-state index in [4.69, 9.17) is 9.15 Å². The minimum absolute atomic E-state index is 0.242. The number of aromatic nitrogens is 2. The van der Waals surface area contributed by atoms with Crippen LogP contribution in [0.2, 0.25) is 0 Å². The van der Waals surface area contributed by atoms with Gasteiger partial charge < -0.3 is 14.5 Å². The molecule has 6 nitrogen and oxygen atoms in total. The molecule has 1 N–H and O–H groups in total. The Kier molecular flexibility index (Phi) is 4.90. The molecule has 0 saturated heterocycles. The molecule has 1 amide bonds. The van der Waals surface area contributed by atoms with Crippen LogP contribution in [0.3, 0.4) is 0 Å². The molecule has 0 unspecified atom stereocenters. The normalized spacial score (nSPS) is 10.4. The lowest BCUT2D eigenvalue weighted by atomic mass is 10.1. The summed E-state index contributed by atoms with van der Waals surface area (Å²) in [6.45, 7) is 0.281. The summed E-state index contributed by atoms with van der Waals surface area (Å²) in [5.74, 6) is 0.724. The fraction of sp³-hybridized carbons (Fsp3) is 0.118. The molecule has 2 aromatic heterocycles. The van der Waals surface area contributed by atoms with E-state index in [-0.39, 0.29) is 18.2 Å². The Morgan fingerprint density at radius 2 is 2.00 bits per heavy atom. The number of halogens is 1. The number of amides is 1. The summed E-state index contributed by atoms with van der Waals surface area (Å²) in [4.78, 5) is 20.4. The van der Waals surface area contributed by atoms with Crippen molar-refractivity contribution in [3.05, 3.63) is 64.9 Å².